The van der Waals surface area contributed by atoms with Gasteiger partial charge in [-0.3, -0.25) is 0 Å². The molecule has 0 saturated heterocycles. The van der Waals surface area contributed by atoms with Crippen LogP contribution < -0.4 is 20.1 Å². The largest absolute Gasteiger partial charge is 0.493 e. The lowest BCUT2D eigenvalue weighted by Gasteiger charge is -2.10. The van der Waals surface area contributed by atoms with Crippen LogP contribution in [0.25, 0.3) is 0 Å². The molecule has 1 aliphatic carbocycles. The molecule has 0 radical (unpaired) electrons. The molecule has 1 fully saturated rings. The zero-order valence-electron chi connectivity index (χ0n) is 13.4. The van der Waals surface area contributed by atoms with Gasteiger partial charge >= 0.3 is 6.03 Å². The molecular formula is C17H24N2O3. The first kappa shape index (κ1) is 16.2. The maximum atomic E-state index is 11.7. The first-order chi connectivity index (χ1) is 10.6. The molecule has 22 heavy (non-hydrogen) atoms. The number of ether oxygens (including phenoxy) is 2. The SMILES string of the molecule is COc1ccc(CCNC(=O)N/C=C(\C)C2CC2)cc1OC. The number of carbonyl (C=O) groups excluding carboxylic acids is 1. The number of benzene rings is 1. The second-order valence-corrected chi connectivity index (χ2v) is 5.50. The number of hydrogen-bond acceptors (Lipinski definition) is 3. The van der Waals surface area contributed by atoms with Gasteiger partial charge in [-0.25, -0.2) is 4.79 Å². The van der Waals surface area contributed by atoms with Gasteiger partial charge in [-0.15, -0.1) is 0 Å². The molecule has 1 aromatic carbocycles. The van der Waals surface area contributed by atoms with Crippen molar-refractivity contribution in [3.8, 4) is 11.5 Å². The van der Waals surface area contributed by atoms with E-state index in [0.29, 0.717) is 24.0 Å². The number of nitrogens with one attached hydrogen (secondary N) is 2. The van der Waals surface area contributed by atoms with Crippen molar-refractivity contribution in [3.63, 3.8) is 0 Å². The normalized spacial score (nSPS) is 14.4. The van der Waals surface area contributed by atoms with Crippen LogP contribution in [0.5, 0.6) is 11.5 Å². The lowest BCUT2D eigenvalue weighted by Crippen LogP contribution is -2.33. The highest BCUT2D eigenvalue weighted by Gasteiger charge is 2.22. The van der Waals surface area contributed by atoms with Gasteiger partial charge in [0.05, 0.1) is 14.2 Å². The van der Waals surface area contributed by atoms with Gasteiger partial charge in [0.2, 0.25) is 0 Å². The Bertz CT molecular complexity index is 551. The lowest BCUT2D eigenvalue weighted by molar-refractivity contribution is 0.244. The zero-order valence-corrected chi connectivity index (χ0v) is 13.4. The van der Waals surface area contributed by atoms with Crippen LogP contribution in [0.15, 0.2) is 30.0 Å². The molecule has 0 unspecified atom stereocenters. The molecule has 0 atom stereocenters. The quantitative estimate of drug-likeness (QED) is 0.814. The summed E-state index contributed by atoms with van der Waals surface area (Å²) < 4.78 is 10.5. The van der Waals surface area contributed by atoms with Gasteiger partial charge in [0.1, 0.15) is 0 Å². The Morgan fingerprint density at radius 1 is 1.27 bits per heavy atom. The van der Waals surface area contributed by atoms with Gasteiger partial charge in [-0.1, -0.05) is 11.6 Å². The van der Waals surface area contributed by atoms with Crippen LogP contribution >= 0.6 is 0 Å². The monoisotopic (exact) mass is 304 g/mol. The lowest BCUT2D eigenvalue weighted by atomic mass is 10.1. The average Bonchev–Trinajstić information content (AvgIpc) is 3.37. The molecule has 1 saturated carbocycles. The fraction of sp³-hybridized carbons (Fsp3) is 0.471. The summed E-state index contributed by atoms with van der Waals surface area (Å²) in [6.45, 7) is 2.62. The van der Waals surface area contributed by atoms with E-state index in [4.69, 9.17) is 9.47 Å². The van der Waals surface area contributed by atoms with Crippen LogP contribution in [-0.2, 0) is 6.42 Å². The molecule has 5 nitrogen and oxygen atoms in total. The van der Waals surface area contributed by atoms with E-state index in [1.54, 1.807) is 14.2 Å². The van der Waals surface area contributed by atoms with Gasteiger partial charge < -0.3 is 20.1 Å². The summed E-state index contributed by atoms with van der Waals surface area (Å²) >= 11 is 0. The van der Waals surface area contributed by atoms with E-state index < -0.39 is 0 Å². The van der Waals surface area contributed by atoms with Gasteiger partial charge in [0.25, 0.3) is 0 Å². The van der Waals surface area contributed by atoms with Gasteiger partial charge in [0.15, 0.2) is 11.5 Å². The number of allylic oxidation sites excluding steroid dienone is 1. The van der Waals surface area contributed by atoms with E-state index in [1.165, 1.54) is 18.4 Å². The van der Waals surface area contributed by atoms with Gasteiger partial charge in [0, 0.05) is 12.7 Å². The third-order valence-corrected chi connectivity index (χ3v) is 3.80. The minimum atomic E-state index is -0.166. The van der Waals surface area contributed by atoms with Crippen molar-refractivity contribution in [3.05, 3.63) is 35.5 Å². The third-order valence-electron chi connectivity index (χ3n) is 3.80. The van der Waals surface area contributed by atoms with E-state index in [9.17, 15) is 4.79 Å². The van der Waals surface area contributed by atoms with E-state index in [0.717, 1.165) is 12.0 Å². The zero-order chi connectivity index (χ0) is 15.9. The summed E-state index contributed by atoms with van der Waals surface area (Å²) in [5.74, 6) is 2.08. The Morgan fingerprint density at radius 2 is 2.00 bits per heavy atom. The maximum absolute atomic E-state index is 11.7. The molecule has 120 valence electrons. The fourth-order valence-corrected chi connectivity index (χ4v) is 2.24. The number of amides is 2. The Kier molecular flexibility index (Phi) is 5.69. The molecule has 0 aliphatic heterocycles. The molecule has 2 N–H and O–H groups in total. The smallest absolute Gasteiger partial charge is 0.318 e. The summed E-state index contributed by atoms with van der Waals surface area (Å²) in [6, 6.07) is 5.60. The number of rotatable bonds is 7. The Hall–Kier alpha value is -2.17. The Labute approximate surface area is 131 Å². The maximum Gasteiger partial charge on any atom is 0.318 e. The summed E-state index contributed by atoms with van der Waals surface area (Å²) in [5, 5.41) is 5.62. The van der Waals surface area contributed by atoms with Crippen LogP contribution in [0.1, 0.15) is 25.3 Å². The standard InChI is InChI=1S/C17H24N2O3/c1-12(14-5-6-14)11-19-17(20)18-9-8-13-4-7-15(21-2)16(10-13)22-3/h4,7,10-11,14H,5-6,8-9H2,1-3H3,(H2,18,19,20)/b12-11+. The molecule has 0 bridgehead atoms. The topological polar surface area (TPSA) is 59.6 Å². The molecule has 5 heteroatoms. The van der Waals surface area contributed by atoms with Crippen molar-refractivity contribution in [1.29, 1.82) is 0 Å². The van der Waals surface area contributed by atoms with E-state index in [1.807, 2.05) is 24.4 Å². The highest BCUT2D eigenvalue weighted by Crippen LogP contribution is 2.35. The van der Waals surface area contributed by atoms with Crippen molar-refractivity contribution in [2.75, 3.05) is 20.8 Å². The van der Waals surface area contributed by atoms with Crippen LogP contribution in [0.4, 0.5) is 4.79 Å². The third kappa shape index (κ3) is 4.69. The van der Waals surface area contributed by atoms with Crippen molar-refractivity contribution < 1.29 is 14.3 Å². The van der Waals surface area contributed by atoms with E-state index in [-0.39, 0.29) is 6.03 Å². The summed E-state index contributed by atoms with van der Waals surface area (Å²) in [4.78, 5) is 11.7. The summed E-state index contributed by atoms with van der Waals surface area (Å²) in [7, 11) is 3.22. The highest BCUT2D eigenvalue weighted by molar-refractivity contribution is 5.75. The number of urea groups is 1. The van der Waals surface area contributed by atoms with Crippen LogP contribution in [-0.4, -0.2) is 26.8 Å². The molecule has 2 amide bonds. The number of methoxy groups -OCH3 is 2. The predicted octanol–water partition coefficient (Wildman–Crippen LogP) is 2.86. The summed E-state index contributed by atoms with van der Waals surface area (Å²) in [5.41, 5.74) is 2.33. The molecular weight excluding hydrogens is 280 g/mol. The first-order valence-corrected chi connectivity index (χ1v) is 7.56. The Morgan fingerprint density at radius 3 is 2.64 bits per heavy atom. The minimum absolute atomic E-state index is 0.166. The first-order valence-electron chi connectivity index (χ1n) is 7.56. The molecule has 1 aliphatic rings. The number of carbonyl (C=O) groups is 1. The Balaban J connectivity index is 1.75. The highest BCUT2D eigenvalue weighted by atomic mass is 16.5. The van der Waals surface area contributed by atoms with Gasteiger partial charge in [-0.2, -0.15) is 0 Å². The van der Waals surface area contributed by atoms with Crippen molar-refractivity contribution in [2.24, 2.45) is 5.92 Å². The molecule has 0 aromatic heterocycles. The fourth-order valence-electron chi connectivity index (χ4n) is 2.24. The van der Waals surface area contributed by atoms with Crippen LogP contribution in [0.2, 0.25) is 0 Å². The van der Waals surface area contributed by atoms with Crippen molar-refractivity contribution >= 4 is 6.03 Å². The summed E-state index contributed by atoms with van der Waals surface area (Å²) in [6.07, 6.45) is 5.03. The molecule has 1 aromatic rings. The number of hydrogen-bond donors (Lipinski definition) is 2. The second-order valence-electron chi connectivity index (χ2n) is 5.50. The average molecular weight is 304 g/mol. The van der Waals surface area contributed by atoms with Crippen molar-refractivity contribution in [1.82, 2.24) is 10.6 Å². The second kappa shape index (κ2) is 7.73. The van der Waals surface area contributed by atoms with Crippen LogP contribution in [0, 0.1) is 5.92 Å². The minimum Gasteiger partial charge on any atom is -0.493 e. The van der Waals surface area contributed by atoms with Gasteiger partial charge in [-0.05, 0) is 49.8 Å². The molecule has 0 heterocycles. The predicted molar refractivity (Wildman–Crippen MR) is 86.3 cm³/mol. The molecule has 0 spiro atoms. The molecule has 2 rings (SSSR count). The van der Waals surface area contributed by atoms with E-state index in [2.05, 4.69) is 17.6 Å². The van der Waals surface area contributed by atoms with E-state index >= 15 is 0 Å². The van der Waals surface area contributed by atoms with Crippen molar-refractivity contribution in [2.45, 2.75) is 26.2 Å². The van der Waals surface area contributed by atoms with Crippen LogP contribution in [0.3, 0.4) is 0 Å².